The molecular weight excluding hydrogens is 308 g/mol. The van der Waals surface area contributed by atoms with E-state index < -0.39 is 0 Å². The fraction of sp³-hybridized carbons (Fsp3) is 0.455. The van der Waals surface area contributed by atoms with Crippen molar-refractivity contribution in [1.29, 1.82) is 0 Å². The average Bonchev–Trinajstić information content (AvgIpc) is 2.69. The molecule has 1 aliphatic heterocycles. The Labute approximate surface area is 151 Å². The molecule has 1 fully saturated rings. The van der Waals surface area contributed by atoms with Gasteiger partial charge in [-0.05, 0) is 60.6 Å². The van der Waals surface area contributed by atoms with E-state index in [0.29, 0.717) is 0 Å². The molecule has 0 spiro atoms. The Morgan fingerprint density at radius 3 is 2.36 bits per heavy atom. The van der Waals surface area contributed by atoms with Crippen molar-refractivity contribution in [3.63, 3.8) is 0 Å². The zero-order valence-corrected chi connectivity index (χ0v) is 15.2. The summed E-state index contributed by atoms with van der Waals surface area (Å²) in [5.74, 6) is 1.75. The van der Waals surface area contributed by atoms with Crippen LogP contribution in [0.3, 0.4) is 0 Å². The van der Waals surface area contributed by atoms with Gasteiger partial charge in [-0.15, -0.1) is 0 Å². The minimum atomic E-state index is 0.822. The summed E-state index contributed by atoms with van der Waals surface area (Å²) in [6.45, 7) is 5.84. The van der Waals surface area contributed by atoms with Gasteiger partial charge >= 0.3 is 0 Å². The predicted molar refractivity (Wildman–Crippen MR) is 104 cm³/mol. The molecular formula is C22H28N2O. The van der Waals surface area contributed by atoms with E-state index in [9.17, 15) is 0 Å². The Kier molecular flexibility index (Phi) is 4.93. The second-order valence-corrected chi connectivity index (χ2v) is 7.36. The van der Waals surface area contributed by atoms with Gasteiger partial charge in [-0.3, -0.25) is 4.90 Å². The van der Waals surface area contributed by atoms with E-state index in [0.717, 1.165) is 24.8 Å². The predicted octanol–water partition coefficient (Wildman–Crippen LogP) is 3.62. The molecule has 1 heterocycles. The second kappa shape index (κ2) is 7.49. The van der Waals surface area contributed by atoms with E-state index in [1.807, 2.05) is 0 Å². The van der Waals surface area contributed by atoms with E-state index in [2.05, 4.69) is 58.3 Å². The van der Waals surface area contributed by atoms with Crippen molar-refractivity contribution in [2.75, 3.05) is 44.7 Å². The molecule has 1 aliphatic carbocycles. The van der Waals surface area contributed by atoms with Gasteiger partial charge in [0.1, 0.15) is 5.75 Å². The first kappa shape index (κ1) is 16.5. The standard InChI is InChI=1S/C22H28N2O/c1-25-22-10-8-21(9-11-22)24-14-12-23(13-15-24)17-18-6-7-19-4-2-3-5-20(19)16-18/h2-5,8-11,18H,6-7,12-17H2,1H3. The Hall–Kier alpha value is -2.00. The van der Waals surface area contributed by atoms with Crippen molar-refractivity contribution < 1.29 is 4.74 Å². The van der Waals surface area contributed by atoms with Gasteiger partial charge in [0.25, 0.3) is 0 Å². The van der Waals surface area contributed by atoms with E-state index >= 15 is 0 Å². The van der Waals surface area contributed by atoms with Crippen molar-refractivity contribution in [2.45, 2.75) is 19.3 Å². The maximum absolute atomic E-state index is 5.26. The highest BCUT2D eigenvalue weighted by atomic mass is 16.5. The van der Waals surface area contributed by atoms with Crippen LogP contribution in [-0.4, -0.2) is 44.7 Å². The maximum atomic E-state index is 5.26. The summed E-state index contributed by atoms with van der Waals surface area (Å²) in [5, 5.41) is 0. The van der Waals surface area contributed by atoms with Crippen molar-refractivity contribution in [1.82, 2.24) is 4.90 Å². The number of rotatable bonds is 4. The highest BCUT2D eigenvalue weighted by molar-refractivity contribution is 5.49. The third kappa shape index (κ3) is 3.82. The third-order valence-electron chi connectivity index (χ3n) is 5.78. The number of nitrogens with zero attached hydrogens (tertiary/aromatic N) is 2. The largest absolute Gasteiger partial charge is 0.497 e. The van der Waals surface area contributed by atoms with Crippen LogP contribution in [0.5, 0.6) is 5.75 Å². The number of aryl methyl sites for hydroxylation is 1. The van der Waals surface area contributed by atoms with Crippen LogP contribution in [0.25, 0.3) is 0 Å². The van der Waals surface area contributed by atoms with Crippen molar-refractivity contribution in [3.8, 4) is 5.75 Å². The lowest BCUT2D eigenvalue weighted by atomic mass is 9.83. The van der Waals surface area contributed by atoms with Crippen LogP contribution in [0.15, 0.2) is 48.5 Å². The Bertz CT molecular complexity index is 689. The summed E-state index contributed by atoms with van der Waals surface area (Å²) in [5.41, 5.74) is 4.46. The van der Waals surface area contributed by atoms with Gasteiger partial charge < -0.3 is 9.64 Å². The molecule has 0 bridgehead atoms. The monoisotopic (exact) mass is 336 g/mol. The first-order chi connectivity index (χ1) is 12.3. The molecule has 2 aromatic rings. The molecule has 0 amide bonds. The molecule has 1 unspecified atom stereocenters. The highest BCUT2D eigenvalue weighted by Gasteiger charge is 2.23. The van der Waals surface area contributed by atoms with Crippen LogP contribution in [0.2, 0.25) is 0 Å². The number of benzene rings is 2. The van der Waals surface area contributed by atoms with Crippen LogP contribution in [-0.2, 0) is 12.8 Å². The maximum Gasteiger partial charge on any atom is 0.119 e. The van der Waals surface area contributed by atoms with Crippen LogP contribution in [0, 0.1) is 5.92 Å². The molecule has 4 rings (SSSR count). The molecule has 3 heteroatoms. The second-order valence-electron chi connectivity index (χ2n) is 7.36. The topological polar surface area (TPSA) is 15.7 Å². The first-order valence-corrected chi connectivity index (χ1v) is 9.50. The summed E-state index contributed by atoms with van der Waals surface area (Å²) in [6.07, 6.45) is 3.86. The molecule has 1 atom stereocenters. The fourth-order valence-corrected chi connectivity index (χ4v) is 4.28. The Morgan fingerprint density at radius 1 is 0.920 bits per heavy atom. The molecule has 3 nitrogen and oxygen atoms in total. The molecule has 1 saturated heterocycles. The molecule has 25 heavy (non-hydrogen) atoms. The molecule has 132 valence electrons. The number of piperazine rings is 1. The zero-order valence-electron chi connectivity index (χ0n) is 15.2. The normalized spacial score (nSPS) is 21.0. The number of hydrogen-bond donors (Lipinski definition) is 0. The van der Waals surface area contributed by atoms with Gasteiger partial charge in [0.15, 0.2) is 0 Å². The quantitative estimate of drug-likeness (QED) is 0.848. The fourth-order valence-electron chi connectivity index (χ4n) is 4.28. The van der Waals surface area contributed by atoms with Crippen LogP contribution >= 0.6 is 0 Å². The molecule has 2 aliphatic rings. The summed E-state index contributed by atoms with van der Waals surface area (Å²) in [7, 11) is 1.72. The van der Waals surface area contributed by atoms with E-state index in [-0.39, 0.29) is 0 Å². The van der Waals surface area contributed by atoms with Crippen LogP contribution in [0.4, 0.5) is 5.69 Å². The zero-order chi connectivity index (χ0) is 17.1. The number of anilines is 1. The molecule has 0 saturated carbocycles. The molecule has 0 radical (unpaired) electrons. The number of methoxy groups -OCH3 is 1. The Morgan fingerprint density at radius 2 is 1.64 bits per heavy atom. The highest BCUT2D eigenvalue weighted by Crippen LogP contribution is 2.27. The van der Waals surface area contributed by atoms with Gasteiger partial charge in [-0.2, -0.15) is 0 Å². The molecule has 0 N–H and O–H groups in total. The Balaban J connectivity index is 1.29. The summed E-state index contributed by atoms with van der Waals surface area (Å²) >= 11 is 0. The van der Waals surface area contributed by atoms with Gasteiger partial charge in [0.05, 0.1) is 7.11 Å². The van der Waals surface area contributed by atoms with Crippen molar-refractivity contribution >= 4 is 5.69 Å². The summed E-state index contributed by atoms with van der Waals surface area (Å²) < 4.78 is 5.26. The van der Waals surface area contributed by atoms with E-state index in [4.69, 9.17) is 4.74 Å². The smallest absolute Gasteiger partial charge is 0.119 e. The van der Waals surface area contributed by atoms with Crippen LogP contribution < -0.4 is 9.64 Å². The van der Waals surface area contributed by atoms with Gasteiger partial charge in [0.2, 0.25) is 0 Å². The van der Waals surface area contributed by atoms with E-state index in [1.54, 1.807) is 18.2 Å². The van der Waals surface area contributed by atoms with E-state index in [1.165, 1.54) is 44.6 Å². The third-order valence-corrected chi connectivity index (χ3v) is 5.78. The number of fused-ring (bicyclic) bond motifs is 1. The van der Waals surface area contributed by atoms with Crippen molar-refractivity contribution in [2.24, 2.45) is 5.92 Å². The summed E-state index contributed by atoms with van der Waals surface area (Å²) in [6, 6.07) is 17.5. The molecule has 2 aromatic carbocycles. The van der Waals surface area contributed by atoms with Crippen molar-refractivity contribution in [3.05, 3.63) is 59.7 Å². The lowest BCUT2D eigenvalue weighted by Gasteiger charge is -2.38. The van der Waals surface area contributed by atoms with Gasteiger partial charge in [-0.25, -0.2) is 0 Å². The van der Waals surface area contributed by atoms with Crippen LogP contribution in [0.1, 0.15) is 17.5 Å². The number of hydrogen-bond acceptors (Lipinski definition) is 3. The minimum Gasteiger partial charge on any atom is -0.497 e. The van der Waals surface area contributed by atoms with Gasteiger partial charge in [0, 0.05) is 38.4 Å². The SMILES string of the molecule is COc1ccc(N2CCN(CC3CCc4ccccc4C3)CC2)cc1. The molecule has 0 aromatic heterocycles. The lowest BCUT2D eigenvalue weighted by Crippen LogP contribution is -2.48. The summed E-state index contributed by atoms with van der Waals surface area (Å²) in [4.78, 5) is 5.16. The van der Waals surface area contributed by atoms with Gasteiger partial charge in [-0.1, -0.05) is 24.3 Å². The first-order valence-electron chi connectivity index (χ1n) is 9.50. The average molecular weight is 336 g/mol. The minimum absolute atomic E-state index is 0.822. The number of ether oxygens (including phenoxy) is 1. The lowest BCUT2D eigenvalue weighted by molar-refractivity contribution is 0.209.